The van der Waals surface area contributed by atoms with E-state index in [1.54, 1.807) is 0 Å². The smallest absolute Gasteiger partial charge is 0.223 e. The highest BCUT2D eigenvalue weighted by atomic mass is 16.1. The fourth-order valence-electron chi connectivity index (χ4n) is 2.83. The van der Waals surface area contributed by atoms with Crippen LogP contribution in [-0.4, -0.2) is 11.9 Å². The van der Waals surface area contributed by atoms with Crippen molar-refractivity contribution in [1.82, 2.24) is 5.32 Å². The number of rotatable bonds is 6. The van der Waals surface area contributed by atoms with E-state index >= 15 is 0 Å². The van der Waals surface area contributed by atoms with Gasteiger partial charge < -0.3 is 5.32 Å². The van der Waals surface area contributed by atoms with Gasteiger partial charge in [0.2, 0.25) is 5.91 Å². The van der Waals surface area contributed by atoms with Crippen molar-refractivity contribution in [2.75, 3.05) is 0 Å². The third-order valence-electron chi connectivity index (χ3n) is 4.01. The Balaban J connectivity index is 2.35. The predicted octanol–water partition coefficient (Wildman–Crippen LogP) is 3.90. The summed E-state index contributed by atoms with van der Waals surface area (Å²) in [7, 11) is 0. The molecule has 0 spiro atoms. The molecule has 1 fully saturated rings. The van der Waals surface area contributed by atoms with E-state index in [-0.39, 0.29) is 0 Å². The van der Waals surface area contributed by atoms with Crippen LogP contribution >= 0.6 is 0 Å². The van der Waals surface area contributed by atoms with Crippen molar-refractivity contribution in [3.63, 3.8) is 0 Å². The molecule has 2 heteroatoms. The topological polar surface area (TPSA) is 29.1 Å². The molecular weight excluding hydrogens is 210 g/mol. The van der Waals surface area contributed by atoms with Crippen LogP contribution in [0.5, 0.6) is 0 Å². The molecule has 2 nitrogen and oxygen atoms in total. The highest BCUT2D eigenvalue weighted by Gasteiger charge is 2.25. The van der Waals surface area contributed by atoms with Crippen molar-refractivity contribution in [2.24, 2.45) is 11.8 Å². The van der Waals surface area contributed by atoms with Crippen molar-refractivity contribution < 1.29 is 4.79 Å². The Morgan fingerprint density at radius 1 is 1.12 bits per heavy atom. The quantitative estimate of drug-likeness (QED) is 0.748. The lowest BCUT2D eigenvalue weighted by molar-refractivity contribution is -0.127. The van der Waals surface area contributed by atoms with Crippen molar-refractivity contribution in [3.8, 4) is 0 Å². The molecule has 0 radical (unpaired) electrons. The first kappa shape index (κ1) is 14.5. The molecule has 0 heterocycles. The van der Waals surface area contributed by atoms with Gasteiger partial charge in [-0.3, -0.25) is 4.79 Å². The maximum absolute atomic E-state index is 12.2. The zero-order chi connectivity index (χ0) is 12.7. The van der Waals surface area contributed by atoms with Crippen molar-refractivity contribution in [3.05, 3.63) is 0 Å². The summed E-state index contributed by atoms with van der Waals surface area (Å²) in [4.78, 5) is 12.2. The van der Waals surface area contributed by atoms with Crippen LogP contribution in [0.3, 0.4) is 0 Å². The van der Waals surface area contributed by atoms with E-state index < -0.39 is 0 Å². The normalized spacial score (nSPS) is 24.9. The molecule has 0 aromatic carbocycles. The van der Waals surface area contributed by atoms with Crippen molar-refractivity contribution in [1.29, 1.82) is 0 Å². The number of carbonyl (C=O) groups is 1. The Hall–Kier alpha value is -0.530. The molecule has 0 saturated heterocycles. The number of hydrogen-bond acceptors (Lipinski definition) is 1. The Kier molecular flexibility index (Phi) is 6.61. The third-order valence-corrected chi connectivity index (χ3v) is 4.01. The van der Waals surface area contributed by atoms with Crippen LogP contribution in [0.15, 0.2) is 0 Å². The van der Waals surface area contributed by atoms with Gasteiger partial charge in [0, 0.05) is 12.0 Å². The SMILES string of the molecule is CCCC(CCC)NC(=O)C1CCC(C)CC1. The molecule has 1 saturated carbocycles. The van der Waals surface area contributed by atoms with E-state index in [1.807, 2.05) is 0 Å². The van der Waals surface area contributed by atoms with Gasteiger partial charge in [0.05, 0.1) is 0 Å². The second-order valence-electron chi connectivity index (χ2n) is 5.74. The zero-order valence-corrected chi connectivity index (χ0v) is 11.8. The maximum atomic E-state index is 12.2. The lowest BCUT2D eigenvalue weighted by Crippen LogP contribution is -2.39. The van der Waals surface area contributed by atoms with Gasteiger partial charge in [-0.25, -0.2) is 0 Å². The Morgan fingerprint density at radius 2 is 1.65 bits per heavy atom. The summed E-state index contributed by atoms with van der Waals surface area (Å²) >= 11 is 0. The van der Waals surface area contributed by atoms with E-state index in [9.17, 15) is 4.79 Å². The Morgan fingerprint density at radius 3 is 2.12 bits per heavy atom. The summed E-state index contributed by atoms with van der Waals surface area (Å²) in [5, 5.41) is 3.26. The van der Waals surface area contributed by atoms with Crippen molar-refractivity contribution in [2.45, 2.75) is 78.2 Å². The Labute approximate surface area is 107 Å². The number of hydrogen-bond donors (Lipinski definition) is 1. The van der Waals surface area contributed by atoms with Crippen LogP contribution in [0.2, 0.25) is 0 Å². The molecule has 1 amide bonds. The lowest BCUT2D eigenvalue weighted by Gasteiger charge is -2.27. The molecule has 0 atom stereocenters. The standard InChI is InChI=1S/C15H29NO/c1-4-6-14(7-5-2)16-15(17)13-10-8-12(3)9-11-13/h12-14H,4-11H2,1-3H3,(H,16,17). The van der Waals surface area contributed by atoms with Crippen LogP contribution in [0.25, 0.3) is 0 Å². The second-order valence-corrected chi connectivity index (χ2v) is 5.74. The molecule has 1 rings (SSSR count). The Bertz CT molecular complexity index is 213. The first-order valence-electron chi connectivity index (χ1n) is 7.47. The number of nitrogens with one attached hydrogen (secondary N) is 1. The fraction of sp³-hybridized carbons (Fsp3) is 0.933. The summed E-state index contributed by atoms with van der Waals surface area (Å²) in [5.41, 5.74) is 0. The molecule has 0 aliphatic heterocycles. The number of carbonyl (C=O) groups excluding carboxylic acids is 1. The summed E-state index contributed by atoms with van der Waals surface area (Å²) in [5.74, 6) is 1.44. The molecule has 0 unspecified atom stereocenters. The largest absolute Gasteiger partial charge is 0.353 e. The average Bonchev–Trinajstić information content (AvgIpc) is 2.30. The first-order chi connectivity index (χ1) is 8.17. The molecule has 0 bridgehead atoms. The summed E-state index contributed by atoms with van der Waals surface area (Å²) in [6.07, 6.45) is 9.22. The van der Waals surface area contributed by atoms with Crippen molar-refractivity contribution >= 4 is 5.91 Å². The van der Waals surface area contributed by atoms with Crippen LogP contribution in [-0.2, 0) is 4.79 Å². The minimum absolute atomic E-state index is 0.294. The summed E-state index contributed by atoms with van der Waals surface area (Å²) in [6, 6.07) is 0.414. The van der Waals surface area contributed by atoms with Gasteiger partial charge >= 0.3 is 0 Å². The minimum Gasteiger partial charge on any atom is -0.353 e. The maximum Gasteiger partial charge on any atom is 0.223 e. The molecule has 0 aromatic rings. The van der Waals surface area contributed by atoms with E-state index in [4.69, 9.17) is 0 Å². The number of amides is 1. The zero-order valence-electron chi connectivity index (χ0n) is 11.8. The first-order valence-corrected chi connectivity index (χ1v) is 7.47. The predicted molar refractivity (Wildman–Crippen MR) is 72.9 cm³/mol. The molecule has 100 valence electrons. The average molecular weight is 239 g/mol. The molecule has 1 aliphatic carbocycles. The summed E-state index contributed by atoms with van der Waals surface area (Å²) < 4.78 is 0. The van der Waals surface area contributed by atoms with Crippen LogP contribution < -0.4 is 5.32 Å². The van der Waals surface area contributed by atoms with Crippen LogP contribution in [0.1, 0.15) is 72.1 Å². The molecule has 0 aromatic heterocycles. The molecule has 1 N–H and O–H groups in total. The monoisotopic (exact) mass is 239 g/mol. The van der Waals surface area contributed by atoms with Crippen LogP contribution in [0, 0.1) is 11.8 Å². The van der Waals surface area contributed by atoms with Crippen LogP contribution in [0.4, 0.5) is 0 Å². The third kappa shape index (κ3) is 5.10. The molecule has 17 heavy (non-hydrogen) atoms. The molecular formula is C15H29NO. The van der Waals surface area contributed by atoms with E-state index in [1.165, 1.54) is 12.8 Å². The minimum atomic E-state index is 0.294. The van der Waals surface area contributed by atoms with Gasteiger partial charge in [0.25, 0.3) is 0 Å². The van der Waals surface area contributed by atoms with Gasteiger partial charge in [0.1, 0.15) is 0 Å². The van der Waals surface area contributed by atoms with E-state index in [0.29, 0.717) is 17.9 Å². The van der Waals surface area contributed by atoms with Gasteiger partial charge in [-0.05, 0) is 44.4 Å². The summed E-state index contributed by atoms with van der Waals surface area (Å²) in [6.45, 7) is 6.68. The lowest BCUT2D eigenvalue weighted by atomic mass is 9.82. The second kappa shape index (κ2) is 7.73. The van der Waals surface area contributed by atoms with E-state index in [0.717, 1.165) is 44.4 Å². The van der Waals surface area contributed by atoms with Gasteiger partial charge in [-0.1, -0.05) is 33.6 Å². The highest BCUT2D eigenvalue weighted by Crippen LogP contribution is 2.28. The highest BCUT2D eigenvalue weighted by molar-refractivity contribution is 5.79. The van der Waals surface area contributed by atoms with Gasteiger partial charge in [-0.15, -0.1) is 0 Å². The fourth-order valence-corrected chi connectivity index (χ4v) is 2.83. The van der Waals surface area contributed by atoms with E-state index in [2.05, 4.69) is 26.1 Å². The molecule has 1 aliphatic rings. The van der Waals surface area contributed by atoms with Gasteiger partial charge in [-0.2, -0.15) is 0 Å². The van der Waals surface area contributed by atoms with Gasteiger partial charge in [0.15, 0.2) is 0 Å².